The highest BCUT2D eigenvalue weighted by atomic mass is 19.1. The van der Waals surface area contributed by atoms with Crippen LogP contribution in [0.15, 0.2) is 78.0 Å². The first-order chi connectivity index (χ1) is 22.4. The van der Waals surface area contributed by atoms with Crippen LogP contribution in [0, 0.1) is 5.82 Å². The van der Waals surface area contributed by atoms with E-state index in [1.165, 1.54) is 12.4 Å². The molecule has 0 saturated heterocycles. The molecule has 3 aliphatic heterocycles. The number of aromatic nitrogens is 2. The number of hydrazone groups is 1. The van der Waals surface area contributed by atoms with Crippen molar-refractivity contribution in [1.29, 1.82) is 0 Å². The highest BCUT2D eigenvalue weighted by Crippen LogP contribution is 2.41. The van der Waals surface area contributed by atoms with E-state index in [2.05, 4.69) is 25.0 Å². The van der Waals surface area contributed by atoms with Crippen LogP contribution >= 0.6 is 0 Å². The van der Waals surface area contributed by atoms with Crippen molar-refractivity contribution in [2.45, 2.75) is 20.8 Å². The fourth-order valence-electron chi connectivity index (χ4n) is 5.26. The lowest BCUT2D eigenvalue weighted by molar-refractivity contribution is -0.453. The van der Waals surface area contributed by atoms with E-state index in [0.29, 0.717) is 73.2 Å². The van der Waals surface area contributed by atoms with Crippen molar-refractivity contribution in [3.63, 3.8) is 0 Å². The smallest absolute Gasteiger partial charge is 0.248 e. The molecule has 12 heteroatoms. The van der Waals surface area contributed by atoms with Gasteiger partial charge in [-0.25, -0.2) is 14.4 Å². The zero-order valence-corrected chi connectivity index (χ0v) is 26.9. The van der Waals surface area contributed by atoms with Crippen LogP contribution in [0.25, 0.3) is 10.9 Å². The zero-order valence-electron chi connectivity index (χ0n) is 26.9. The van der Waals surface area contributed by atoms with Crippen molar-refractivity contribution in [1.82, 2.24) is 24.8 Å². The highest BCUT2D eigenvalue weighted by molar-refractivity contribution is 6.01. The van der Waals surface area contributed by atoms with Crippen LogP contribution < -0.4 is 14.8 Å². The number of nitrogens with zero attached hydrogens (tertiary/aromatic N) is 7. The molecule has 6 rings (SSSR count). The van der Waals surface area contributed by atoms with Gasteiger partial charge in [0.05, 0.1) is 24.0 Å². The fraction of sp³-hybridized carbons (Fsp3) is 0.324. The number of allylic oxidation sites excluding steroid dienone is 1. The van der Waals surface area contributed by atoms with E-state index in [-0.39, 0.29) is 11.7 Å². The predicted molar refractivity (Wildman–Crippen MR) is 179 cm³/mol. The second-order valence-corrected chi connectivity index (χ2v) is 10.8. The van der Waals surface area contributed by atoms with Crippen molar-refractivity contribution in [2.24, 2.45) is 5.10 Å². The number of hydrogen-bond donors (Lipinski definition) is 1. The van der Waals surface area contributed by atoms with Crippen molar-refractivity contribution >= 4 is 45.9 Å². The van der Waals surface area contributed by atoms with Gasteiger partial charge in [-0.15, -0.1) is 0 Å². The first-order valence-corrected chi connectivity index (χ1v) is 15.4. The van der Waals surface area contributed by atoms with Gasteiger partial charge in [-0.05, 0) is 51.4 Å². The maximum atomic E-state index is 15.1. The third kappa shape index (κ3) is 7.23. The Bertz CT molecular complexity index is 1750. The predicted octanol–water partition coefficient (Wildman–Crippen LogP) is 5.07. The number of amides is 1. The Hall–Kier alpha value is -5.10. The van der Waals surface area contributed by atoms with E-state index in [9.17, 15) is 4.79 Å². The van der Waals surface area contributed by atoms with Gasteiger partial charge in [0.2, 0.25) is 23.1 Å². The third-order valence-corrected chi connectivity index (χ3v) is 7.38. The van der Waals surface area contributed by atoms with Crippen molar-refractivity contribution in [3.05, 3.63) is 78.7 Å². The van der Waals surface area contributed by atoms with Gasteiger partial charge in [0.15, 0.2) is 24.7 Å². The van der Waals surface area contributed by atoms with E-state index < -0.39 is 5.82 Å². The van der Waals surface area contributed by atoms with Crippen LogP contribution in [-0.2, 0) is 4.79 Å². The summed E-state index contributed by atoms with van der Waals surface area (Å²) >= 11 is 0. The Morgan fingerprint density at radius 2 is 2.09 bits per heavy atom. The topological polar surface area (TPSA) is 98.4 Å². The highest BCUT2D eigenvalue weighted by Gasteiger charge is 2.36. The fourth-order valence-corrected chi connectivity index (χ4v) is 5.26. The summed E-state index contributed by atoms with van der Waals surface area (Å²) in [5, 5.41) is 9.87. The van der Waals surface area contributed by atoms with Crippen LogP contribution in [-0.4, -0.2) is 101 Å². The molecule has 2 aromatic carbocycles. The molecule has 4 heterocycles. The number of anilines is 2. The van der Waals surface area contributed by atoms with Crippen molar-refractivity contribution in [3.8, 4) is 11.5 Å². The number of carbonyl (C=O) groups excluding carboxylic acids is 1. The van der Waals surface area contributed by atoms with Gasteiger partial charge in [0.25, 0.3) is 0 Å². The Balaban J connectivity index is 0.00000204. The molecule has 0 fully saturated rings. The summed E-state index contributed by atoms with van der Waals surface area (Å²) in [7, 11) is 3.93. The van der Waals surface area contributed by atoms with Crippen LogP contribution in [0.3, 0.4) is 0 Å². The van der Waals surface area contributed by atoms with Gasteiger partial charge in [-0.1, -0.05) is 19.9 Å². The molecule has 0 saturated carbocycles. The molecule has 1 aromatic heterocycles. The maximum Gasteiger partial charge on any atom is 0.248 e. The van der Waals surface area contributed by atoms with Gasteiger partial charge in [-0.3, -0.25) is 9.80 Å². The number of nitrogens with one attached hydrogen (secondary N) is 1. The molecule has 0 bridgehead atoms. The summed E-state index contributed by atoms with van der Waals surface area (Å²) in [6.45, 7) is 9.14. The molecule has 46 heavy (non-hydrogen) atoms. The summed E-state index contributed by atoms with van der Waals surface area (Å²) < 4.78 is 29.4. The second kappa shape index (κ2) is 14.8. The first kappa shape index (κ1) is 32.3. The molecular weight excluding hydrogens is 587 g/mol. The van der Waals surface area contributed by atoms with E-state index in [4.69, 9.17) is 9.47 Å². The van der Waals surface area contributed by atoms with Crippen LogP contribution in [0.4, 0.5) is 21.6 Å². The average Bonchev–Trinajstić information content (AvgIpc) is 3.07. The maximum absolute atomic E-state index is 15.1. The number of rotatable bonds is 8. The molecule has 1 N–H and O–H groups in total. The Labute approximate surface area is 268 Å². The van der Waals surface area contributed by atoms with Gasteiger partial charge in [0, 0.05) is 42.9 Å². The number of likely N-dealkylation sites (N-methyl/N-ethyl adjacent to an activating group) is 1. The molecule has 3 aromatic rings. The summed E-state index contributed by atoms with van der Waals surface area (Å²) in [5.74, 6) is 1.28. The standard InChI is InChI=1S/C32H34FN8O3.C2H6/c1-4-36-40-14-11-24(12-15-40)44-28-10-7-22(18-25(28)33)37-32-30-26(34-21-35-32)8-9-27-31(30)43-20-23-19-39(16-17-41(23)27)29(42)6-5-13-38(2)3;1-2/h4-12,14,18,21H,13,15-17,19-20H2,1-3H3,(H,34,35,37);1-2H3/q+1;/b6-5+,36-4-;. The van der Waals surface area contributed by atoms with Crippen molar-refractivity contribution in [2.75, 3.05) is 58.7 Å². The molecule has 0 atom stereocenters. The minimum absolute atomic E-state index is 0.00730. The third-order valence-electron chi connectivity index (χ3n) is 7.38. The largest absolute Gasteiger partial charge is 0.475 e. The van der Waals surface area contributed by atoms with Crippen molar-refractivity contribution < 1.29 is 23.2 Å². The summed E-state index contributed by atoms with van der Waals surface area (Å²) in [5.41, 5.74) is 3.10. The molecule has 0 radical (unpaired) electrons. The Morgan fingerprint density at radius 3 is 2.83 bits per heavy atom. The Morgan fingerprint density at radius 1 is 1.24 bits per heavy atom. The van der Waals surface area contributed by atoms with Gasteiger partial charge in [-0.2, -0.15) is 9.68 Å². The number of benzene rings is 2. The van der Waals surface area contributed by atoms with Gasteiger partial charge in [0.1, 0.15) is 24.4 Å². The first-order valence-electron chi connectivity index (χ1n) is 15.4. The second-order valence-electron chi connectivity index (χ2n) is 10.8. The minimum atomic E-state index is -0.516. The molecule has 1 amide bonds. The van der Waals surface area contributed by atoms with E-state index >= 15 is 4.39 Å². The SMILES string of the molecule is C/C=N\N1C=CC(Oc2ccc(Nc3ncnc4ccc5c(c34)OCC3=[N+]5CCN(C(=O)/C=C/CN(C)C)C3)cc2F)=CC1.CC. The minimum Gasteiger partial charge on any atom is -0.475 e. The molecule has 3 aliphatic rings. The molecular formula is C34H40FN8O3+. The lowest BCUT2D eigenvalue weighted by Crippen LogP contribution is -2.48. The molecule has 0 unspecified atom stereocenters. The van der Waals surface area contributed by atoms with Gasteiger partial charge < -0.3 is 24.6 Å². The molecule has 0 aliphatic carbocycles. The molecule has 0 spiro atoms. The van der Waals surface area contributed by atoms with E-state index in [0.717, 1.165) is 11.4 Å². The number of halogens is 1. The summed E-state index contributed by atoms with van der Waals surface area (Å²) in [6.07, 6.45) is 12.0. The Kier molecular flexibility index (Phi) is 10.4. The number of hydrogen-bond acceptors (Lipinski definition) is 9. The quantitative estimate of drug-likeness (QED) is 0.210. The summed E-state index contributed by atoms with van der Waals surface area (Å²) in [4.78, 5) is 25.5. The lowest BCUT2D eigenvalue weighted by atomic mass is 10.1. The molecule has 240 valence electrons. The number of ether oxygens (including phenoxy) is 2. The van der Waals surface area contributed by atoms with Crippen LogP contribution in [0.2, 0.25) is 0 Å². The van der Waals surface area contributed by atoms with E-state index in [1.807, 2.05) is 69.0 Å². The monoisotopic (exact) mass is 627 g/mol. The number of carbonyl (C=O) groups is 1. The van der Waals surface area contributed by atoms with Crippen LogP contribution in [0.1, 0.15) is 20.8 Å². The summed E-state index contributed by atoms with van der Waals surface area (Å²) in [6, 6.07) is 8.59. The number of fused-ring (bicyclic) bond motifs is 4. The average molecular weight is 628 g/mol. The van der Waals surface area contributed by atoms with Crippen LogP contribution in [0.5, 0.6) is 11.5 Å². The zero-order chi connectivity index (χ0) is 32.6. The lowest BCUT2D eigenvalue weighted by Gasteiger charge is -2.29. The normalized spacial score (nSPS) is 15.8. The van der Waals surface area contributed by atoms with Gasteiger partial charge >= 0.3 is 0 Å². The van der Waals surface area contributed by atoms with E-state index in [1.54, 1.807) is 41.7 Å². The molecule has 11 nitrogen and oxygen atoms in total.